The van der Waals surface area contributed by atoms with Crippen molar-refractivity contribution < 1.29 is 62.5 Å². The molecule has 90 heavy (non-hydrogen) atoms. The number of alkyl carbamates (subject to hydrolysis) is 2. The molecule has 0 saturated carbocycles. The van der Waals surface area contributed by atoms with Crippen LogP contribution in [0.25, 0.3) is 0 Å². The number of carboxylic acids is 1. The first kappa shape index (κ1) is 70.5. The Bertz CT molecular complexity index is 3330. The van der Waals surface area contributed by atoms with Crippen molar-refractivity contribution in [2.45, 2.75) is 167 Å². The number of ketones is 2. The van der Waals surface area contributed by atoms with Crippen LogP contribution in [0.5, 0.6) is 0 Å². The van der Waals surface area contributed by atoms with E-state index in [-0.39, 0.29) is 92.9 Å². The van der Waals surface area contributed by atoms with Gasteiger partial charge in [-0.25, -0.2) is 14.4 Å². The van der Waals surface area contributed by atoms with Crippen molar-refractivity contribution >= 4 is 88.1 Å². The van der Waals surface area contributed by atoms with Crippen LogP contribution in [-0.2, 0) is 64.2 Å². The summed E-state index contributed by atoms with van der Waals surface area (Å²) in [5, 5.41) is 24.0. The summed E-state index contributed by atoms with van der Waals surface area (Å²) in [5.74, 6) is -3.69. The number of nitrogens with zero attached hydrogens (tertiary/aromatic N) is 2. The van der Waals surface area contributed by atoms with E-state index in [1.54, 1.807) is 102 Å². The Morgan fingerprint density at radius 2 is 0.911 bits per heavy atom. The molecule has 480 valence electrons. The molecule has 2 heterocycles. The van der Waals surface area contributed by atoms with Gasteiger partial charge in [-0.1, -0.05) is 132 Å². The molecule has 0 saturated heterocycles. The minimum atomic E-state index is -1.18. The number of fused-ring (bicyclic) bond motifs is 2. The number of carbonyl (C=O) groups is 10. The third-order valence-electron chi connectivity index (χ3n) is 14.7. The number of hydrogen-bond donors (Lipinski definition) is 6. The minimum Gasteiger partial charge on any atom is -0.480 e. The van der Waals surface area contributed by atoms with Gasteiger partial charge < -0.3 is 51.0 Å². The highest BCUT2D eigenvalue weighted by Crippen LogP contribution is 2.29. The third kappa shape index (κ3) is 22.8. The largest absolute Gasteiger partial charge is 0.480 e. The molecule has 0 aliphatic carbocycles. The molecule has 0 fully saturated rings. The Balaban J connectivity index is 0.000000291. The van der Waals surface area contributed by atoms with Crippen molar-refractivity contribution in [2.75, 3.05) is 18.4 Å². The number of ether oxygens (including phenoxy) is 2. The number of carboxylic acid groups (broad SMARTS) is 1. The van der Waals surface area contributed by atoms with E-state index in [0.717, 1.165) is 22.3 Å². The number of aliphatic carboxylic acids is 1. The molecule has 5 aromatic rings. The van der Waals surface area contributed by atoms with Gasteiger partial charge in [0.05, 0.1) is 10.0 Å². The lowest BCUT2D eigenvalue weighted by atomic mass is 9.92. The normalized spacial score (nSPS) is 14.9. The second-order valence-corrected chi connectivity index (χ2v) is 24.8. The number of amides is 7. The second kappa shape index (κ2) is 33.8. The first-order chi connectivity index (χ1) is 42.7. The van der Waals surface area contributed by atoms with Crippen LogP contribution in [0.15, 0.2) is 127 Å². The van der Waals surface area contributed by atoms with Gasteiger partial charge in [0.1, 0.15) is 35.4 Å². The fourth-order valence-corrected chi connectivity index (χ4v) is 10.4. The summed E-state index contributed by atoms with van der Waals surface area (Å²) in [6, 6.07) is 33.3. The highest BCUT2D eigenvalue weighted by molar-refractivity contribution is 6.42. The molecule has 7 amide bonds. The zero-order valence-corrected chi connectivity index (χ0v) is 53.3. The van der Waals surface area contributed by atoms with Crippen molar-refractivity contribution in [3.8, 4) is 0 Å². The van der Waals surface area contributed by atoms with E-state index in [2.05, 4.69) is 26.6 Å². The van der Waals surface area contributed by atoms with Crippen LogP contribution in [0.2, 0.25) is 10.0 Å². The smallest absolute Gasteiger partial charge is 0.407 e. The van der Waals surface area contributed by atoms with E-state index in [1.807, 2.05) is 60.7 Å². The number of hydrogen-bond acceptors (Lipinski definition) is 12. The average molecular weight is 1280 g/mol. The van der Waals surface area contributed by atoms with E-state index in [1.165, 1.54) is 15.9 Å². The Labute approximate surface area is 535 Å². The number of carbonyl (C=O) groups excluding carboxylic acids is 9. The third-order valence-corrected chi connectivity index (χ3v) is 15.4. The van der Waals surface area contributed by atoms with Crippen molar-refractivity contribution in [1.82, 2.24) is 31.1 Å². The Morgan fingerprint density at radius 3 is 1.32 bits per heavy atom. The molecular formula is C68H81Cl2N7O13. The van der Waals surface area contributed by atoms with E-state index in [0.29, 0.717) is 60.6 Å². The van der Waals surface area contributed by atoms with Gasteiger partial charge in [-0.2, -0.15) is 0 Å². The van der Waals surface area contributed by atoms with Gasteiger partial charge in [-0.3, -0.25) is 33.6 Å². The molecule has 2 aliphatic heterocycles. The van der Waals surface area contributed by atoms with Crippen LogP contribution < -0.4 is 26.6 Å². The SMILES string of the molecule is CC(C)(C)OC(=O)NCCCC[C@H](NC(=O)[C@@H]1Cc2ccccc2CN1C(=O)CCC(=O)c1ccccc1)C(=O)Nc1ccc(Cl)c(Cl)c1.CC(C)(C)OC(=O)NCCCC[C@H](NC(=O)[C@@H]1Cc2ccccc2CN1C(=O)CCC(=O)c1ccccc1)C(=O)O. The second-order valence-electron chi connectivity index (χ2n) is 24.0. The maximum absolute atomic E-state index is 14.0. The molecule has 4 atom stereocenters. The zero-order valence-electron chi connectivity index (χ0n) is 51.7. The molecule has 0 spiro atoms. The molecule has 2 aliphatic rings. The predicted octanol–water partition coefficient (Wildman–Crippen LogP) is 10.6. The monoisotopic (exact) mass is 1270 g/mol. The van der Waals surface area contributed by atoms with E-state index in [4.69, 9.17) is 32.7 Å². The summed E-state index contributed by atoms with van der Waals surface area (Å²) in [6.45, 7) is 11.6. The predicted molar refractivity (Wildman–Crippen MR) is 342 cm³/mol. The number of unbranched alkanes of at least 4 members (excludes halogenated alkanes) is 2. The van der Waals surface area contributed by atoms with Gasteiger partial charge in [-0.05, 0) is 121 Å². The van der Waals surface area contributed by atoms with E-state index >= 15 is 0 Å². The first-order valence-electron chi connectivity index (χ1n) is 30.2. The lowest BCUT2D eigenvalue weighted by molar-refractivity contribution is -0.145. The summed E-state index contributed by atoms with van der Waals surface area (Å²) >= 11 is 12.2. The minimum absolute atomic E-state index is 0.00134. The summed E-state index contributed by atoms with van der Waals surface area (Å²) in [5.41, 5.74) is 3.86. The van der Waals surface area contributed by atoms with Gasteiger partial charge >= 0.3 is 18.2 Å². The summed E-state index contributed by atoms with van der Waals surface area (Å²) in [6.07, 6.45) is 1.61. The van der Waals surface area contributed by atoms with Crippen LogP contribution in [0.1, 0.15) is 149 Å². The van der Waals surface area contributed by atoms with Gasteiger partial charge in [-0.15, -0.1) is 0 Å². The molecule has 0 unspecified atom stereocenters. The number of Topliss-reactive ketones (excluding diaryl/α,β-unsaturated/α-hetero) is 2. The summed E-state index contributed by atoms with van der Waals surface area (Å²) in [7, 11) is 0. The van der Waals surface area contributed by atoms with Crippen molar-refractivity contribution in [2.24, 2.45) is 0 Å². The molecule has 22 heteroatoms. The average Bonchev–Trinajstić information content (AvgIpc) is 0.921. The highest BCUT2D eigenvalue weighted by Gasteiger charge is 2.38. The lowest BCUT2D eigenvalue weighted by Crippen LogP contribution is -2.56. The Morgan fingerprint density at radius 1 is 0.511 bits per heavy atom. The molecule has 6 N–H and O–H groups in total. The van der Waals surface area contributed by atoms with Crippen molar-refractivity contribution in [3.05, 3.63) is 171 Å². The van der Waals surface area contributed by atoms with E-state index < -0.39 is 71.2 Å². The lowest BCUT2D eigenvalue weighted by Gasteiger charge is -2.37. The number of rotatable bonds is 25. The van der Waals surface area contributed by atoms with Crippen LogP contribution in [0.3, 0.4) is 0 Å². The fraction of sp³-hybridized carbons (Fsp3) is 0.412. The van der Waals surface area contributed by atoms with Crippen LogP contribution >= 0.6 is 23.2 Å². The number of halogens is 2. The van der Waals surface area contributed by atoms with Crippen LogP contribution in [0.4, 0.5) is 15.3 Å². The summed E-state index contributed by atoms with van der Waals surface area (Å²) in [4.78, 5) is 132. The summed E-state index contributed by atoms with van der Waals surface area (Å²) < 4.78 is 10.5. The standard InChI is InChI=1S/C37H42Cl2N4O6.C31H39N3O7/c1-37(2,3)49-36(48)40-20-10-9-15-30(34(46)41-27-16-17-28(38)29(39)22-27)42-35(47)31-21-25-13-7-8-14-26(25)23-43(31)33(45)19-18-32(44)24-11-5-4-6-12-24;1-31(2,3)41-30(40)32-18-10-9-15-24(29(38)39)33-28(37)25-19-22-13-7-8-14-23(22)20-34(25)27(36)17-16-26(35)21-11-5-4-6-12-21/h4-8,11-14,16-17,22,30-31H,9-10,15,18-21,23H2,1-3H3,(H,40,48)(H,41,46)(H,42,47);4-8,11-14,24-25H,9-10,15-20H2,1-3H3,(H,32,40)(H,33,37)(H,38,39)/t30-,31-;24-,25-/m00/s1. The number of nitrogens with one attached hydrogen (secondary N) is 5. The van der Waals surface area contributed by atoms with Gasteiger partial charge in [0.25, 0.3) is 0 Å². The number of benzene rings is 5. The quantitative estimate of drug-likeness (QED) is 0.0235. The van der Waals surface area contributed by atoms with Crippen LogP contribution in [0, 0.1) is 0 Å². The van der Waals surface area contributed by atoms with Gasteiger partial charge in [0.15, 0.2) is 11.6 Å². The number of anilines is 1. The topological polar surface area (TPSA) is 276 Å². The van der Waals surface area contributed by atoms with Gasteiger partial charge in [0.2, 0.25) is 29.5 Å². The van der Waals surface area contributed by atoms with Crippen molar-refractivity contribution in [3.63, 3.8) is 0 Å². The fourth-order valence-electron chi connectivity index (χ4n) is 10.1. The Kier molecular flexibility index (Phi) is 26.5. The Hall–Kier alpha value is -8.62. The molecule has 0 radical (unpaired) electrons. The maximum Gasteiger partial charge on any atom is 0.407 e. The van der Waals surface area contributed by atoms with Crippen molar-refractivity contribution in [1.29, 1.82) is 0 Å². The van der Waals surface area contributed by atoms with Crippen LogP contribution in [-0.4, -0.2) is 123 Å². The zero-order chi connectivity index (χ0) is 65.5. The van der Waals surface area contributed by atoms with Gasteiger partial charge in [0, 0.05) is 81.5 Å². The molecular weight excluding hydrogens is 1190 g/mol. The molecule has 0 aromatic heterocycles. The molecule has 7 rings (SSSR count). The molecule has 5 aromatic carbocycles. The maximum atomic E-state index is 14.0. The molecule has 20 nitrogen and oxygen atoms in total. The molecule has 0 bridgehead atoms. The van der Waals surface area contributed by atoms with E-state index in [9.17, 15) is 53.1 Å². The first-order valence-corrected chi connectivity index (χ1v) is 30.9. The highest BCUT2D eigenvalue weighted by atomic mass is 35.5.